The third-order valence-electron chi connectivity index (χ3n) is 3.44. The van der Waals surface area contributed by atoms with Crippen molar-refractivity contribution in [1.29, 1.82) is 0 Å². The molecule has 1 heterocycles. The van der Waals surface area contributed by atoms with Gasteiger partial charge in [-0.1, -0.05) is 17.7 Å². The van der Waals surface area contributed by atoms with Crippen LogP contribution in [0, 0.1) is 0 Å². The molecule has 0 saturated carbocycles. The minimum absolute atomic E-state index is 0.0854. The lowest BCUT2D eigenvalue weighted by Gasteiger charge is -2.13. The minimum Gasteiger partial charge on any atom is -0.478 e. The molecule has 0 amide bonds. The van der Waals surface area contributed by atoms with Crippen molar-refractivity contribution in [2.45, 2.75) is 0 Å². The molecule has 7 heteroatoms. The van der Waals surface area contributed by atoms with E-state index in [2.05, 4.69) is 10.3 Å². The number of hydrogen-bond acceptors (Lipinski definition) is 4. The van der Waals surface area contributed by atoms with Crippen LogP contribution < -0.4 is 11.0 Å². The molecule has 0 saturated heterocycles. The molecular weight excluding hydrogens is 318 g/mol. The molecule has 0 spiro atoms. The molecule has 3 aromatic rings. The number of hydrogen-bond donors (Lipinski definition) is 2. The minimum atomic E-state index is -1.07. The van der Waals surface area contributed by atoms with Gasteiger partial charge in [-0.2, -0.15) is 4.98 Å². The van der Waals surface area contributed by atoms with Crippen LogP contribution in [-0.4, -0.2) is 27.7 Å². The van der Waals surface area contributed by atoms with Crippen molar-refractivity contribution in [3.05, 3.63) is 63.5 Å². The average Bonchev–Trinajstić information content (AvgIpc) is 2.53. The lowest BCUT2D eigenvalue weighted by molar-refractivity contribution is 0.0697. The Kier molecular flexibility index (Phi) is 3.75. The second-order valence-corrected chi connectivity index (χ2v) is 5.28. The van der Waals surface area contributed by atoms with E-state index >= 15 is 0 Å². The molecule has 2 aromatic carbocycles. The molecule has 0 aliphatic rings. The van der Waals surface area contributed by atoms with Crippen LogP contribution >= 0.6 is 11.6 Å². The highest BCUT2D eigenvalue weighted by Gasteiger charge is 2.13. The van der Waals surface area contributed by atoms with Gasteiger partial charge in [0.15, 0.2) is 0 Å². The molecule has 0 atom stereocenters. The van der Waals surface area contributed by atoms with Crippen LogP contribution in [0.1, 0.15) is 10.4 Å². The van der Waals surface area contributed by atoms with Gasteiger partial charge < -0.3 is 10.4 Å². The van der Waals surface area contributed by atoms with Gasteiger partial charge in [-0.25, -0.2) is 9.59 Å². The van der Waals surface area contributed by atoms with Crippen molar-refractivity contribution >= 4 is 34.3 Å². The molecule has 23 heavy (non-hydrogen) atoms. The fourth-order valence-electron chi connectivity index (χ4n) is 2.42. The third-order valence-corrected chi connectivity index (χ3v) is 3.68. The van der Waals surface area contributed by atoms with Crippen molar-refractivity contribution in [3.63, 3.8) is 0 Å². The Morgan fingerprint density at radius 2 is 2.04 bits per heavy atom. The Morgan fingerprint density at radius 3 is 2.74 bits per heavy atom. The molecule has 116 valence electrons. The zero-order chi connectivity index (χ0) is 16.6. The lowest BCUT2D eigenvalue weighted by atomic mass is 10.1. The maximum atomic E-state index is 12.4. The Hall–Kier alpha value is -2.86. The van der Waals surface area contributed by atoms with E-state index in [4.69, 9.17) is 16.7 Å². The first kappa shape index (κ1) is 15.1. The summed E-state index contributed by atoms with van der Waals surface area (Å²) in [6.45, 7) is 0. The fraction of sp³-hybridized carbons (Fsp3) is 0.0625. The van der Waals surface area contributed by atoms with Gasteiger partial charge in [-0.15, -0.1) is 0 Å². The van der Waals surface area contributed by atoms with Crippen LogP contribution in [0.2, 0.25) is 5.02 Å². The van der Waals surface area contributed by atoms with Crippen LogP contribution in [-0.2, 0) is 0 Å². The zero-order valence-corrected chi connectivity index (χ0v) is 12.8. The predicted molar refractivity (Wildman–Crippen MR) is 88.9 cm³/mol. The summed E-state index contributed by atoms with van der Waals surface area (Å²) in [5.41, 5.74) is 0.524. The number of fused-ring (bicyclic) bond motifs is 1. The maximum Gasteiger partial charge on any atom is 0.354 e. The topological polar surface area (TPSA) is 84.2 Å². The molecule has 0 aliphatic carbocycles. The molecule has 0 fully saturated rings. The number of nitrogens with zero attached hydrogens (tertiary/aromatic N) is 2. The number of rotatable bonds is 3. The monoisotopic (exact) mass is 329 g/mol. The second-order valence-electron chi connectivity index (χ2n) is 4.85. The number of aromatic nitrogens is 2. The Balaban J connectivity index is 2.40. The SMILES string of the molecule is CNc1nc(=O)n(-c2cccc(C(=O)O)c2)c2cc(Cl)ccc12. The van der Waals surface area contributed by atoms with E-state index in [1.165, 1.54) is 16.7 Å². The van der Waals surface area contributed by atoms with Gasteiger partial charge in [-0.3, -0.25) is 4.57 Å². The smallest absolute Gasteiger partial charge is 0.354 e. The van der Waals surface area contributed by atoms with Gasteiger partial charge in [0.1, 0.15) is 5.82 Å². The number of nitrogens with one attached hydrogen (secondary N) is 1. The molecular formula is C16H12ClN3O3. The Labute approximate surface area is 136 Å². The molecule has 2 N–H and O–H groups in total. The number of anilines is 1. The Bertz CT molecular complexity index is 982. The number of carboxylic acid groups (broad SMARTS) is 1. The Morgan fingerprint density at radius 1 is 1.26 bits per heavy atom. The van der Waals surface area contributed by atoms with Crippen molar-refractivity contribution in [1.82, 2.24) is 9.55 Å². The van der Waals surface area contributed by atoms with Crippen LogP contribution in [0.15, 0.2) is 47.3 Å². The van der Waals surface area contributed by atoms with Crippen molar-refractivity contribution in [3.8, 4) is 5.69 Å². The molecule has 1 aromatic heterocycles. The van der Waals surface area contributed by atoms with E-state index in [1.807, 2.05) is 0 Å². The number of carboxylic acids is 1. The van der Waals surface area contributed by atoms with E-state index < -0.39 is 11.7 Å². The number of halogens is 1. The number of benzene rings is 2. The van der Waals surface area contributed by atoms with E-state index in [9.17, 15) is 9.59 Å². The van der Waals surface area contributed by atoms with Gasteiger partial charge in [-0.05, 0) is 36.4 Å². The van der Waals surface area contributed by atoms with Gasteiger partial charge in [0, 0.05) is 17.5 Å². The molecule has 0 bridgehead atoms. The quantitative estimate of drug-likeness (QED) is 0.772. The first-order valence-electron chi connectivity index (χ1n) is 6.75. The van der Waals surface area contributed by atoms with Gasteiger partial charge >= 0.3 is 11.7 Å². The van der Waals surface area contributed by atoms with E-state index in [1.54, 1.807) is 37.4 Å². The summed E-state index contributed by atoms with van der Waals surface area (Å²) in [4.78, 5) is 27.6. The number of aromatic carboxylic acids is 1. The summed E-state index contributed by atoms with van der Waals surface area (Å²) in [7, 11) is 1.67. The highest BCUT2D eigenvalue weighted by molar-refractivity contribution is 6.31. The van der Waals surface area contributed by atoms with Crippen molar-refractivity contribution in [2.75, 3.05) is 12.4 Å². The summed E-state index contributed by atoms with van der Waals surface area (Å²) in [5.74, 6) is -0.630. The van der Waals surface area contributed by atoms with Crippen molar-refractivity contribution in [2.24, 2.45) is 0 Å². The van der Waals surface area contributed by atoms with Crippen molar-refractivity contribution < 1.29 is 9.90 Å². The van der Waals surface area contributed by atoms with E-state index in [-0.39, 0.29) is 5.56 Å². The largest absolute Gasteiger partial charge is 0.478 e. The van der Waals surface area contributed by atoms with Crippen LogP contribution in [0.5, 0.6) is 0 Å². The highest BCUT2D eigenvalue weighted by atomic mass is 35.5. The van der Waals surface area contributed by atoms with Gasteiger partial charge in [0.2, 0.25) is 0 Å². The first-order valence-corrected chi connectivity index (χ1v) is 7.13. The van der Waals surface area contributed by atoms with Gasteiger partial charge in [0.25, 0.3) is 0 Å². The average molecular weight is 330 g/mol. The van der Waals surface area contributed by atoms with Crippen LogP contribution in [0.3, 0.4) is 0 Å². The highest BCUT2D eigenvalue weighted by Crippen LogP contribution is 2.25. The standard InChI is InChI=1S/C16H12ClN3O3/c1-18-14-12-6-5-10(17)8-13(12)20(16(23)19-14)11-4-2-3-9(7-11)15(21)22/h2-8H,1H3,(H,21,22)(H,18,19,23). The molecule has 6 nitrogen and oxygen atoms in total. The van der Waals surface area contributed by atoms with E-state index in [0.29, 0.717) is 27.4 Å². The summed E-state index contributed by atoms with van der Waals surface area (Å²) < 4.78 is 1.34. The maximum absolute atomic E-state index is 12.4. The first-order chi connectivity index (χ1) is 11.0. The summed E-state index contributed by atoms with van der Waals surface area (Å²) >= 11 is 6.06. The van der Waals surface area contributed by atoms with Crippen LogP contribution in [0.25, 0.3) is 16.6 Å². The van der Waals surface area contributed by atoms with E-state index in [0.717, 1.165) is 0 Å². The van der Waals surface area contributed by atoms with Crippen LogP contribution in [0.4, 0.5) is 5.82 Å². The molecule has 0 unspecified atom stereocenters. The molecule has 0 radical (unpaired) electrons. The third kappa shape index (κ3) is 2.64. The molecule has 0 aliphatic heterocycles. The summed E-state index contributed by atoms with van der Waals surface area (Å²) in [6, 6.07) is 11.2. The number of carbonyl (C=O) groups is 1. The predicted octanol–water partition coefficient (Wildman–Crippen LogP) is 2.78. The molecule has 3 rings (SSSR count). The fourth-order valence-corrected chi connectivity index (χ4v) is 2.58. The summed E-state index contributed by atoms with van der Waals surface area (Å²) in [6.07, 6.45) is 0. The summed E-state index contributed by atoms with van der Waals surface area (Å²) in [5, 5.41) is 13.2. The normalized spacial score (nSPS) is 10.7. The zero-order valence-electron chi connectivity index (χ0n) is 12.1. The lowest BCUT2D eigenvalue weighted by Crippen LogP contribution is -2.23. The second kappa shape index (κ2) is 5.73. The van der Waals surface area contributed by atoms with Gasteiger partial charge in [0.05, 0.1) is 16.8 Å².